The highest BCUT2D eigenvalue weighted by Crippen LogP contribution is 2.26. The van der Waals surface area contributed by atoms with Crippen molar-refractivity contribution in [2.75, 3.05) is 13.2 Å². The molecule has 148 valence electrons. The largest absolute Gasteiger partial charge is 0.457 e. The zero-order chi connectivity index (χ0) is 19.9. The third-order valence-electron chi connectivity index (χ3n) is 4.28. The van der Waals surface area contributed by atoms with Gasteiger partial charge in [0, 0.05) is 19.2 Å². The number of aromatic nitrogens is 2. The predicted molar refractivity (Wildman–Crippen MR) is 108 cm³/mol. The van der Waals surface area contributed by atoms with E-state index in [0.717, 1.165) is 28.4 Å². The molecular formula is C21H26N4O3. The zero-order valence-corrected chi connectivity index (χ0v) is 16.2. The second-order valence-corrected chi connectivity index (χ2v) is 6.45. The minimum Gasteiger partial charge on any atom is -0.457 e. The van der Waals surface area contributed by atoms with Gasteiger partial charge in [-0.2, -0.15) is 0 Å². The number of carbonyl (C=O) groups is 1. The Labute approximate surface area is 164 Å². The highest BCUT2D eigenvalue weighted by molar-refractivity contribution is 5.81. The van der Waals surface area contributed by atoms with E-state index in [-0.39, 0.29) is 5.91 Å². The SMILES string of the molecule is CCOCCn1c(CNC(=O)[C@H](C)N)nc2ccc(Oc3ccccc3)cc21. The number of carbonyl (C=O) groups excluding carboxylic acids is 1. The van der Waals surface area contributed by atoms with Gasteiger partial charge in [-0.1, -0.05) is 18.2 Å². The van der Waals surface area contributed by atoms with Crippen LogP contribution in [0, 0.1) is 0 Å². The quantitative estimate of drug-likeness (QED) is 0.555. The molecule has 28 heavy (non-hydrogen) atoms. The van der Waals surface area contributed by atoms with Gasteiger partial charge in [-0.3, -0.25) is 4.79 Å². The topological polar surface area (TPSA) is 91.4 Å². The molecule has 7 nitrogen and oxygen atoms in total. The van der Waals surface area contributed by atoms with Crippen LogP contribution in [0.15, 0.2) is 48.5 Å². The molecule has 0 aliphatic rings. The summed E-state index contributed by atoms with van der Waals surface area (Å²) in [5.41, 5.74) is 7.39. The van der Waals surface area contributed by atoms with Crippen molar-refractivity contribution < 1.29 is 14.3 Å². The second kappa shape index (κ2) is 9.34. The summed E-state index contributed by atoms with van der Waals surface area (Å²) in [5, 5.41) is 2.83. The fourth-order valence-electron chi connectivity index (χ4n) is 2.85. The van der Waals surface area contributed by atoms with Gasteiger partial charge in [-0.05, 0) is 38.1 Å². The van der Waals surface area contributed by atoms with Crippen LogP contribution in [0.3, 0.4) is 0 Å². The van der Waals surface area contributed by atoms with Gasteiger partial charge in [0.1, 0.15) is 17.3 Å². The summed E-state index contributed by atoms with van der Waals surface area (Å²) in [5.74, 6) is 2.03. The van der Waals surface area contributed by atoms with Crippen molar-refractivity contribution in [1.82, 2.24) is 14.9 Å². The molecule has 0 bridgehead atoms. The normalized spacial score (nSPS) is 12.1. The number of nitrogens with two attached hydrogens (primary N) is 1. The number of fused-ring (bicyclic) bond motifs is 1. The van der Waals surface area contributed by atoms with Crippen LogP contribution >= 0.6 is 0 Å². The van der Waals surface area contributed by atoms with E-state index >= 15 is 0 Å². The standard InChI is InChI=1S/C21H26N4O3/c1-3-27-12-11-25-19-13-17(28-16-7-5-4-6-8-16)9-10-18(19)24-20(25)14-23-21(26)15(2)22/h4-10,13,15H,3,11-12,14,22H2,1-2H3,(H,23,26)/t15-/m0/s1. The summed E-state index contributed by atoms with van der Waals surface area (Å²) in [6.45, 7) is 5.74. The maximum Gasteiger partial charge on any atom is 0.237 e. The first-order valence-electron chi connectivity index (χ1n) is 9.41. The summed E-state index contributed by atoms with van der Waals surface area (Å²) in [6, 6.07) is 14.8. The summed E-state index contributed by atoms with van der Waals surface area (Å²) < 4.78 is 13.5. The van der Waals surface area contributed by atoms with Crippen LogP contribution in [0.25, 0.3) is 11.0 Å². The third-order valence-corrected chi connectivity index (χ3v) is 4.28. The number of ether oxygens (including phenoxy) is 2. The van der Waals surface area contributed by atoms with Crippen molar-refractivity contribution in [3.8, 4) is 11.5 Å². The smallest absolute Gasteiger partial charge is 0.237 e. The van der Waals surface area contributed by atoms with E-state index in [1.54, 1.807) is 6.92 Å². The lowest BCUT2D eigenvalue weighted by atomic mass is 10.3. The van der Waals surface area contributed by atoms with Crippen molar-refractivity contribution >= 4 is 16.9 Å². The monoisotopic (exact) mass is 382 g/mol. The molecule has 0 fully saturated rings. The number of hydrogen-bond donors (Lipinski definition) is 2. The van der Waals surface area contributed by atoms with Crippen molar-refractivity contribution in [3.05, 3.63) is 54.4 Å². The van der Waals surface area contributed by atoms with Gasteiger partial charge in [0.15, 0.2) is 0 Å². The molecule has 3 aromatic rings. The van der Waals surface area contributed by atoms with E-state index in [4.69, 9.17) is 15.2 Å². The summed E-state index contributed by atoms with van der Waals surface area (Å²) in [4.78, 5) is 16.5. The molecule has 1 heterocycles. The van der Waals surface area contributed by atoms with Crippen molar-refractivity contribution in [1.29, 1.82) is 0 Å². The first kappa shape index (κ1) is 19.9. The number of hydrogen-bond acceptors (Lipinski definition) is 5. The van der Waals surface area contributed by atoms with Gasteiger partial charge in [-0.25, -0.2) is 4.98 Å². The molecule has 1 aromatic heterocycles. The molecule has 0 aliphatic heterocycles. The Morgan fingerprint density at radius 1 is 1.21 bits per heavy atom. The second-order valence-electron chi connectivity index (χ2n) is 6.45. The van der Waals surface area contributed by atoms with Gasteiger partial charge < -0.3 is 25.1 Å². The van der Waals surface area contributed by atoms with Gasteiger partial charge in [0.25, 0.3) is 0 Å². The van der Waals surface area contributed by atoms with Crippen LogP contribution < -0.4 is 15.8 Å². The molecule has 0 spiro atoms. The van der Waals surface area contributed by atoms with Gasteiger partial charge in [0.2, 0.25) is 5.91 Å². The molecule has 0 unspecified atom stereocenters. The van der Waals surface area contributed by atoms with E-state index in [1.165, 1.54) is 0 Å². The lowest BCUT2D eigenvalue weighted by molar-refractivity contribution is -0.122. The maximum atomic E-state index is 11.8. The van der Waals surface area contributed by atoms with E-state index in [9.17, 15) is 4.79 Å². The average Bonchev–Trinajstić information content (AvgIpc) is 3.04. The highest BCUT2D eigenvalue weighted by atomic mass is 16.5. The number of nitrogens with zero attached hydrogens (tertiary/aromatic N) is 2. The summed E-state index contributed by atoms with van der Waals surface area (Å²) in [6.07, 6.45) is 0. The number of para-hydroxylation sites is 1. The van der Waals surface area contributed by atoms with Gasteiger partial charge in [0.05, 0.1) is 30.2 Å². The van der Waals surface area contributed by atoms with Gasteiger partial charge >= 0.3 is 0 Å². The Balaban J connectivity index is 1.88. The van der Waals surface area contributed by atoms with Crippen molar-refractivity contribution in [2.45, 2.75) is 33.0 Å². The molecule has 3 rings (SSSR count). The molecular weight excluding hydrogens is 356 g/mol. The molecule has 3 N–H and O–H groups in total. The predicted octanol–water partition coefficient (Wildman–Crippen LogP) is 2.83. The van der Waals surface area contributed by atoms with E-state index < -0.39 is 6.04 Å². The number of nitrogens with one attached hydrogen (secondary N) is 1. The molecule has 1 atom stereocenters. The van der Waals surface area contributed by atoms with E-state index in [2.05, 4.69) is 10.3 Å². The Morgan fingerprint density at radius 2 is 2.00 bits per heavy atom. The Hall–Kier alpha value is -2.90. The van der Waals surface area contributed by atoms with Crippen LogP contribution in [0.4, 0.5) is 0 Å². The molecule has 0 aliphatic carbocycles. The first-order valence-corrected chi connectivity index (χ1v) is 9.41. The van der Waals surface area contributed by atoms with Gasteiger partial charge in [-0.15, -0.1) is 0 Å². The fourth-order valence-corrected chi connectivity index (χ4v) is 2.85. The molecule has 0 saturated carbocycles. The Kier molecular flexibility index (Phi) is 6.62. The lowest BCUT2D eigenvalue weighted by Gasteiger charge is -2.12. The average molecular weight is 382 g/mol. The zero-order valence-electron chi connectivity index (χ0n) is 16.2. The van der Waals surface area contributed by atoms with E-state index in [0.29, 0.717) is 26.3 Å². The van der Waals surface area contributed by atoms with Crippen LogP contribution in [0.5, 0.6) is 11.5 Å². The fraction of sp³-hybridized carbons (Fsp3) is 0.333. The first-order chi connectivity index (χ1) is 13.6. The minimum atomic E-state index is -0.563. The van der Waals surface area contributed by atoms with Crippen molar-refractivity contribution in [3.63, 3.8) is 0 Å². The van der Waals surface area contributed by atoms with Crippen LogP contribution in [-0.4, -0.2) is 34.7 Å². The summed E-state index contributed by atoms with van der Waals surface area (Å²) >= 11 is 0. The molecule has 7 heteroatoms. The van der Waals surface area contributed by atoms with Crippen LogP contribution in [-0.2, 0) is 22.6 Å². The number of amides is 1. The molecule has 2 aromatic carbocycles. The third kappa shape index (κ3) is 4.88. The van der Waals surface area contributed by atoms with Crippen molar-refractivity contribution in [2.24, 2.45) is 5.73 Å². The Bertz CT molecular complexity index is 922. The van der Waals surface area contributed by atoms with Crippen LogP contribution in [0.2, 0.25) is 0 Å². The molecule has 1 amide bonds. The molecule has 0 saturated heterocycles. The maximum absolute atomic E-state index is 11.8. The van der Waals surface area contributed by atoms with Crippen LogP contribution in [0.1, 0.15) is 19.7 Å². The number of imidazole rings is 1. The lowest BCUT2D eigenvalue weighted by Crippen LogP contribution is -2.38. The minimum absolute atomic E-state index is 0.212. The molecule has 0 radical (unpaired) electrons. The Morgan fingerprint density at radius 3 is 2.71 bits per heavy atom. The number of rotatable bonds is 9. The summed E-state index contributed by atoms with van der Waals surface area (Å²) in [7, 11) is 0. The number of benzene rings is 2. The van der Waals surface area contributed by atoms with E-state index in [1.807, 2.05) is 60.0 Å². The highest BCUT2D eigenvalue weighted by Gasteiger charge is 2.14.